The Morgan fingerprint density at radius 3 is 2.77 bits per heavy atom. The minimum absolute atomic E-state index is 0.0395. The van der Waals surface area contributed by atoms with E-state index in [0.717, 1.165) is 29.1 Å². The van der Waals surface area contributed by atoms with Crippen LogP contribution in [-0.4, -0.2) is 55.5 Å². The molecule has 0 aromatic carbocycles. The highest BCUT2D eigenvalue weighted by atomic mass is 32.1. The topological polar surface area (TPSA) is 75.9 Å². The van der Waals surface area contributed by atoms with Crippen LogP contribution in [0.2, 0.25) is 0 Å². The van der Waals surface area contributed by atoms with Gasteiger partial charge in [0.15, 0.2) is 6.04 Å². The number of alkyl halides is 3. The zero-order valence-electron chi connectivity index (χ0n) is 17.1. The van der Waals surface area contributed by atoms with E-state index < -0.39 is 12.2 Å². The molecule has 1 fully saturated rings. The van der Waals surface area contributed by atoms with E-state index in [-0.39, 0.29) is 30.2 Å². The molecule has 0 aliphatic carbocycles. The van der Waals surface area contributed by atoms with E-state index in [1.165, 1.54) is 0 Å². The number of nitrogens with zero attached hydrogens (tertiary/aromatic N) is 5. The molecule has 0 bridgehead atoms. The SMILES string of the molecule is Cc1nnsc1C(=O)N1CCC[C@@H](c2cc3n(n2)[C@@H](C(F)(F)F)C[C@H](C(C)C)N3)C1. The molecule has 1 N–H and O–H groups in total. The Morgan fingerprint density at radius 2 is 2.13 bits per heavy atom. The molecule has 11 heteroatoms. The van der Waals surface area contributed by atoms with Gasteiger partial charge in [-0.05, 0) is 43.6 Å². The number of piperidine rings is 1. The lowest BCUT2D eigenvalue weighted by molar-refractivity contribution is -0.174. The monoisotopic (exact) mass is 442 g/mol. The van der Waals surface area contributed by atoms with Gasteiger partial charge in [0, 0.05) is 31.1 Å². The third-order valence-corrected chi connectivity index (χ3v) is 6.83. The predicted octanol–water partition coefficient (Wildman–Crippen LogP) is 4.01. The first-order valence-electron chi connectivity index (χ1n) is 10.2. The lowest BCUT2D eigenvalue weighted by Gasteiger charge is -2.35. The van der Waals surface area contributed by atoms with E-state index in [1.54, 1.807) is 17.9 Å². The number of carbonyl (C=O) groups excluding carboxylic acids is 1. The molecule has 4 heterocycles. The highest BCUT2D eigenvalue weighted by Gasteiger charge is 2.47. The van der Waals surface area contributed by atoms with Gasteiger partial charge in [-0.3, -0.25) is 4.79 Å². The summed E-state index contributed by atoms with van der Waals surface area (Å²) in [5, 5.41) is 11.5. The number of fused-ring (bicyclic) bond motifs is 1. The number of nitrogens with one attached hydrogen (secondary N) is 1. The van der Waals surface area contributed by atoms with Gasteiger partial charge in [0.25, 0.3) is 5.91 Å². The van der Waals surface area contributed by atoms with Gasteiger partial charge in [0.1, 0.15) is 10.7 Å². The Labute approximate surface area is 176 Å². The van der Waals surface area contributed by atoms with Crippen LogP contribution in [0.3, 0.4) is 0 Å². The molecule has 0 unspecified atom stereocenters. The minimum atomic E-state index is -4.36. The first-order chi connectivity index (χ1) is 14.1. The third-order valence-electron chi connectivity index (χ3n) is 6.02. The van der Waals surface area contributed by atoms with Crippen LogP contribution >= 0.6 is 11.5 Å². The molecule has 30 heavy (non-hydrogen) atoms. The van der Waals surface area contributed by atoms with Crippen molar-refractivity contribution >= 4 is 23.3 Å². The fourth-order valence-electron chi connectivity index (χ4n) is 4.23. The smallest absolute Gasteiger partial charge is 0.367 e. The minimum Gasteiger partial charge on any atom is -0.367 e. The first-order valence-corrected chi connectivity index (χ1v) is 10.9. The summed E-state index contributed by atoms with van der Waals surface area (Å²) in [6.07, 6.45) is -2.85. The number of anilines is 1. The quantitative estimate of drug-likeness (QED) is 0.778. The number of rotatable bonds is 3. The van der Waals surface area contributed by atoms with E-state index in [1.807, 2.05) is 13.8 Å². The maximum Gasteiger partial charge on any atom is 0.410 e. The molecule has 0 saturated carbocycles. The van der Waals surface area contributed by atoms with Crippen LogP contribution in [0, 0.1) is 12.8 Å². The van der Waals surface area contributed by atoms with Gasteiger partial charge < -0.3 is 10.2 Å². The van der Waals surface area contributed by atoms with Crippen LogP contribution in [0.4, 0.5) is 19.0 Å². The van der Waals surface area contributed by atoms with Crippen molar-refractivity contribution in [2.24, 2.45) is 5.92 Å². The highest BCUT2D eigenvalue weighted by molar-refractivity contribution is 7.07. The molecule has 2 aliphatic rings. The van der Waals surface area contributed by atoms with Crippen molar-refractivity contribution in [1.29, 1.82) is 0 Å². The summed E-state index contributed by atoms with van der Waals surface area (Å²) in [5.41, 5.74) is 1.20. The van der Waals surface area contributed by atoms with Gasteiger partial charge in [-0.25, -0.2) is 4.68 Å². The summed E-state index contributed by atoms with van der Waals surface area (Å²) >= 11 is 1.07. The first kappa shape index (κ1) is 21.1. The zero-order chi connectivity index (χ0) is 21.6. The molecule has 2 aliphatic heterocycles. The van der Waals surface area contributed by atoms with E-state index in [9.17, 15) is 18.0 Å². The summed E-state index contributed by atoms with van der Waals surface area (Å²) in [6, 6.07) is -0.173. The van der Waals surface area contributed by atoms with Gasteiger partial charge in [-0.1, -0.05) is 18.3 Å². The van der Waals surface area contributed by atoms with E-state index in [4.69, 9.17) is 0 Å². The molecule has 1 amide bonds. The number of likely N-dealkylation sites (tertiary alicyclic amines) is 1. The highest BCUT2D eigenvalue weighted by Crippen LogP contribution is 2.42. The Balaban J connectivity index is 1.58. The Morgan fingerprint density at radius 1 is 1.37 bits per heavy atom. The number of aromatic nitrogens is 4. The molecular weight excluding hydrogens is 417 g/mol. The average molecular weight is 443 g/mol. The van der Waals surface area contributed by atoms with Crippen LogP contribution < -0.4 is 5.32 Å². The van der Waals surface area contributed by atoms with Gasteiger partial charge in [-0.2, -0.15) is 18.3 Å². The summed E-state index contributed by atoms with van der Waals surface area (Å²) in [5.74, 6) is 0.252. The van der Waals surface area contributed by atoms with E-state index in [2.05, 4.69) is 20.0 Å². The normalized spacial score (nSPS) is 24.6. The van der Waals surface area contributed by atoms with Gasteiger partial charge in [0.2, 0.25) is 0 Å². The standard InChI is InChI=1S/C19H25F3N6OS/c1-10(2)13-7-15(19(20,21)22)28-16(23-13)8-14(25-28)12-5-4-6-27(9-12)18(29)17-11(3)24-26-30-17/h8,10,12-13,15,23H,4-7,9H2,1-3H3/t12-,13-,15-/m1/s1. The average Bonchev–Trinajstić information content (AvgIpc) is 3.31. The van der Waals surface area contributed by atoms with Crippen molar-refractivity contribution in [3.05, 3.63) is 22.3 Å². The maximum atomic E-state index is 13.7. The second-order valence-corrected chi connectivity index (χ2v) is 9.22. The molecule has 0 spiro atoms. The van der Waals surface area contributed by atoms with E-state index >= 15 is 0 Å². The molecule has 4 rings (SSSR count). The zero-order valence-corrected chi connectivity index (χ0v) is 17.9. The molecule has 1 saturated heterocycles. The fraction of sp³-hybridized carbons (Fsp3) is 0.684. The Kier molecular flexibility index (Phi) is 5.50. The number of hydrogen-bond donors (Lipinski definition) is 1. The Bertz CT molecular complexity index is 924. The number of carbonyl (C=O) groups is 1. The third kappa shape index (κ3) is 3.91. The number of halogens is 3. The molecule has 7 nitrogen and oxygen atoms in total. The second kappa shape index (κ2) is 7.82. The lowest BCUT2D eigenvalue weighted by Crippen LogP contribution is -2.41. The van der Waals surface area contributed by atoms with Crippen molar-refractivity contribution in [3.8, 4) is 0 Å². The van der Waals surface area contributed by atoms with Crippen molar-refractivity contribution in [2.45, 2.75) is 64.2 Å². The van der Waals surface area contributed by atoms with Gasteiger partial charge in [0.05, 0.1) is 11.4 Å². The Hall–Kier alpha value is -2.17. The van der Waals surface area contributed by atoms with Crippen molar-refractivity contribution in [2.75, 3.05) is 18.4 Å². The van der Waals surface area contributed by atoms with E-state index in [0.29, 0.717) is 35.2 Å². The van der Waals surface area contributed by atoms with Gasteiger partial charge in [-0.15, -0.1) is 5.10 Å². The largest absolute Gasteiger partial charge is 0.410 e. The molecule has 164 valence electrons. The second-order valence-electron chi connectivity index (χ2n) is 8.46. The molecular formula is C19H25F3N6OS. The molecule has 2 aromatic heterocycles. The van der Waals surface area contributed by atoms with Crippen LogP contribution in [-0.2, 0) is 0 Å². The van der Waals surface area contributed by atoms with Crippen LogP contribution in [0.5, 0.6) is 0 Å². The van der Waals surface area contributed by atoms with Crippen molar-refractivity contribution in [3.63, 3.8) is 0 Å². The van der Waals surface area contributed by atoms with Crippen molar-refractivity contribution < 1.29 is 18.0 Å². The summed E-state index contributed by atoms with van der Waals surface area (Å²) in [6.45, 7) is 6.61. The number of hydrogen-bond acceptors (Lipinski definition) is 6. The number of amides is 1. The van der Waals surface area contributed by atoms with Gasteiger partial charge >= 0.3 is 6.18 Å². The summed E-state index contributed by atoms with van der Waals surface area (Å²) in [7, 11) is 0. The molecule has 2 aromatic rings. The summed E-state index contributed by atoms with van der Waals surface area (Å²) in [4.78, 5) is 15.1. The predicted molar refractivity (Wildman–Crippen MR) is 107 cm³/mol. The van der Waals surface area contributed by atoms with Crippen LogP contribution in [0.15, 0.2) is 6.07 Å². The maximum absolute atomic E-state index is 13.7. The number of aryl methyl sites for hydroxylation is 1. The summed E-state index contributed by atoms with van der Waals surface area (Å²) < 4.78 is 46.1. The van der Waals surface area contributed by atoms with Crippen molar-refractivity contribution in [1.82, 2.24) is 24.3 Å². The molecule has 0 radical (unpaired) electrons. The van der Waals surface area contributed by atoms with Crippen LogP contribution in [0.25, 0.3) is 0 Å². The lowest BCUT2D eigenvalue weighted by atomic mass is 9.93. The van der Waals surface area contributed by atoms with Crippen LogP contribution in [0.1, 0.15) is 66.1 Å². The fourth-order valence-corrected chi connectivity index (χ4v) is 4.86. The molecule has 3 atom stereocenters.